The number of rotatable bonds is 7. The van der Waals surface area contributed by atoms with E-state index in [4.69, 9.17) is 23.7 Å². The van der Waals surface area contributed by atoms with Gasteiger partial charge in [-0.3, -0.25) is 4.79 Å². The van der Waals surface area contributed by atoms with Crippen LogP contribution < -0.4 is 23.7 Å². The molecular weight excluding hydrogens is 412 g/mol. The standard InChI is InChI=1S/C25H20O7/c1-28-19-9-12-22(29-2)20(14-19)21(26)10-5-16-3-7-18(8-4-16)32-25(27)17-6-11-23-24(13-17)31-15-30-23/h3-14H,15H2,1-2H3/b10-5+. The summed E-state index contributed by atoms with van der Waals surface area (Å²) in [7, 11) is 3.04. The Labute approximate surface area is 184 Å². The van der Waals surface area contributed by atoms with E-state index < -0.39 is 5.97 Å². The average Bonchev–Trinajstić information content (AvgIpc) is 3.31. The first kappa shape index (κ1) is 21.0. The van der Waals surface area contributed by atoms with Crippen molar-refractivity contribution in [3.63, 3.8) is 0 Å². The van der Waals surface area contributed by atoms with Crippen molar-refractivity contribution >= 4 is 17.8 Å². The zero-order valence-electron chi connectivity index (χ0n) is 17.5. The van der Waals surface area contributed by atoms with Crippen LogP contribution in [0.5, 0.6) is 28.7 Å². The largest absolute Gasteiger partial charge is 0.497 e. The number of ether oxygens (including phenoxy) is 5. The van der Waals surface area contributed by atoms with Crippen LogP contribution in [0.4, 0.5) is 0 Å². The molecule has 7 nitrogen and oxygen atoms in total. The highest BCUT2D eigenvalue weighted by molar-refractivity contribution is 6.08. The van der Waals surface area contributed by atoms with Crippen molar-refractivity contribution in [2.45, 2.75) is 0 Å². The number of carbonyl (C=O) groups is 2. The van der Waals surface area contributed by atoms with E-state index in [-0.39, 0.29) is 12.6 Å². The Morgan fingerprint density at radius 1 is 0.844 bits per heavy atom. The molecule has 0 atom stereocenters. The van der Waals surface area contributed by atoms with Gasteiger partial charge in [0, 0.05) is 0 Å². The summed E-state index contributed by atoms with van der Waals surface area (Å²) in [6.45, 7) is 0.135. The molecule has 0 aromatic heterocycles. The predicted octanol–water partition coefficient (Wildman–Crippen LogP) is 4.55. The van der Waals surface area contributed by atoms with Gasteiger partial charge < -0.3 is 23.7 Å². The molecule has 0 aliphatic carbocycles. The van der Waals surface area contributed by atoms with Gasteiger partial charge in [0.05, 0.1) is 25.3 Å². The number of benzene rings is 3. The Morgan fingerprint density at radius 2 is 1.59 bits per heavy atom. The molecule has 32 heavy (non-hydrogen) atoms. The fraction of sp³-hybridized carbons (Fsp3) is 0.120. The Kier molecular flexibility index (Phi) is 6.07. The molecule has 0 N–H and O–H groups in total. The van der Waals surface area contributed by atoms with E-state index in [1.807, 2.05) is 0 Å². The Morgan fingerprint density at radius 3 is 2.34 bits per heavy atom. The molecule has 0 spiro atoms. The van der Waals surface area contributed by atoms with Gasteiger partial charge in [0.25, 0.3) is 0 Å². The number of esters is 1. The quantitative estimate of drug-likeness (QED) is 0.235. The van der Waals surface area contributed by atoms with Crippen LogP contribution in [-0.2, 0) is 0 Å². The highest BCUT2D eigenvalue weighted by atomic mass is 16.7. The van der Waals surface area contributed by atoms with E-state index in [0.29, 0.717) is 39.9 Å². The Balaban J connectivity index is 1.42. The summed E-state index contributed by atoms with van der Waals surface area (Å²) in [6, 6.07) is 16.7. The first-order valence-corrected chi connectivity index (χ1v) is 9.73. The van der Waals surface area contributed by atoms with Crippen LogP contribution in [0.3, 0.4) is 0 Å². The summed E-state index contributed by atoms with van der Waals surface area (Å²) in [4.78, 5) is 25.0. The van der Waals surface area contributed by atoms with Crippen molar-refractivity contribution in [1.29, 1.82) is 0 Å². The number of ketones is 1. The first-order chi connectivity index (χ1) is 15.6. The third-order valence-corrected chi connectivity index (χ3v) is 4.80. The molecule has 1 aliphatic heterocycles. The summed E-state index contributed by atoms with van der Waals surface area (Å²) in [5.74, 6) is 1.79. The molecule has 3 aromatic rings. The molecular formula is C25H20O7. The van der Waals surface area contributed by atoms with Crippen LogP contribution in [0, 0.1) is 0 Å². The summed E-state index contributed by atoms with van der Waals surface area (Å²) in [5, 5.41) is 0. The Hall–Kier alpha value is -4.26. The summed E-state index contributed by atoms with van der Waals surface area (Å²) in [6.07, 6.45) is 3.12. The van der Waals surface area contributed by atoms with E-state index in [0.717, 1.165) is 5.56 Å². The molecule has 0 saturated heterocycles. The van der Waals surface area contributed by atoms with Gasteiger partial charge in [-0.05, 0) is 60.2 Å². The lowest BCUT2D eigenvalue weighted by Gasteiger charge is -2.08. The molecule has 162 valence electrons. The van der Waals surface area contributed by atoms with Gasteiger partial charge in [0.15, 0.2) is 17.3 Å². The van der Waals surface area contributed by atoms with Gasteiger partial charge in [-0.15, -0.1) is 0 Å². The first-order valence-electron chi connectivity index (χ1n) is 9.73. The maximum absolute atomic E-state index is 12.6. The van der Waals surface area contributed by atoms with Gasteiger partial charge >= 0.3 is 5.97 Å². The fourth-order valence-corrected chi connectivity index (χ4v) is 3.10. The van der Waals surface area contributed by atoms with Crippen LogP contribution in [0.15, 0.2) is 66.7 Å². The number of methoxy groups -OCH3 is 2. The molecule has 4 rings (SSSR count). The molecule has 1 heterocycles. The van der Waals surface area contributed by atoms with Crippen molar-refractivity contribution in [3.8, 4) is 28.7 Å². The van der Waals surface area contributed by atoms with Crippen LogP contribution in [0.1, 0.15) is 26.3 Å². The summed E-state index contributed by atoms with van der Waals surface area (Å²) < 4.78 is 26.4. The maximum Gasteiger partial charge on any atom is 0.343 e. The van der Waals surface area contributed by atoms with Crippen LogP contribution in [0.2, 0.25) is 0 Å². The third-order valence-electron chi connectivity index (χ3n) is 4.80. The number of hydrogen-bond acceptors (Lipinski definition) is 7. The molecule has 1 aliphatic rings. The minimum Gasteiger partial charge on any atom is -0.497 e. The lowest BCUT2D eigenvalue weighted by atomic mass is 10.1. The van der Waals surface area contributed by atoms with Crippen LogP contribution in [-0.4, -0.2) is 32.8 Å². The van der Waals surface area contributed by atoms with Crippen molar-refractivity contribution < 1.29 is 33.3 Å². The van der Waals surface area contributed by atoms with Gasteiger partial charge in [-0.25, -0.2) is 4.79 Å². The number of allylic oxidation sites excluding steroid dienone is 1. The Bertz CT molecular complexity index is 1180. The normalized spacial score (nSPS) is 11.9. The molecule has 0 radical (unpaired) electrons. The fourth-order valence-electron chi connectivity index (χ4n) is 3.10. The van der Waals surface area contributed by atoms with Gasteiger partial charge in [0.2, 0.25) is 6.79 Å². The number of carbonyl (C=O) groups excluding carboxylic acids is 2. The third kappa shape index (κ3) is 4.57. The zero-order valence-corrected chi connectivity index (χ0v) is 17.5. The minimum atomic E-state index is -0.508. The second kappa shape index (κ2) is 9.26. The second-order valence-corrected chi connectivity index (χ2v) is 6.79. The molecule has 0 bridgehead atoms. The summed E-state index contributed by atoms with van der Waals surface area (Å²) in [5.41, 5.74) is 1.52. The van der Waals surface area contributed by atoms with E-state index in [1.54, 1.807) is 66.7 Å². The molecule has 7 heteroatoms. The van der Waals surface area contributed by atoms with Crippen molar-refractivity contribution in [3.05, 3.63) is 83.4 Å². The molecule has 3 aromatic carbocycles. The van der Waals surface area contributed by atoms with E-state index in [1.165, 1.54) is 20.3 Å². The monoisotopic (exact) mass is 432 g/mol. The average molecular weight is 432 g/mol. The van der Waals surface area contributed by atoms with Crippen LogP contribution >= 0.6 is 0 Å². The van der Waals surface area contributed by atoms with Gasteiger partial charge in [-0.1, -0.05) is 18.2 Å². The minimum absolute atomic E-state index is 0.135. The highest BCUT2D eigenvalue weighted by Gasteiger charge is 2.17. The smallest absolute Gasteiger partial charge is 0.343 e. The number of hydrogen-bond donors (Lipinski definition) is 0. The van der Waals surface area contributed by atoms with Crippen LogP contribution in [0.25, 0.3) is 6.08 Å². The van der Waals surface area contributed by atoms with Gasteiger partial charge in [0.1, 0.15) is 17.2 Å². The molecule has 0 unspecified atom stereocenters. The lowest BCUT2D eigenvalue weighted by molar-refractivity contribution is 0.0734. The maximum atomic E-state index is 12.6. The van der Waals surface area contributed by atoms with Crippen molar-refractivity contribution in [2.75, 3.05) is 21.0 Å². The van der Waals surface area contributed by atoms with E-state index >= 15 is 0 Å². The van der Waals surface area contributed by atoms with E-state index in [9.17, 15) is 9.59 Å². The molecule has 0 fully saturated rings. The second-order valence-electron chi connectivity index (χ2n) is 6.79. The number of fused-ring (bicyclic) bond motifs is 1. The molecule has 0 saturated carbocycles. The topological polar surface area (TPSA) is 80.3 Å². The zero-order chi connectivity index (χ0) is 22.5. The highest BCUT2D eigenvalue weighted by Crippen LogP contribution is 2.33. The van der Waals surface area contributed by atoms with Crippen molar-refractivity contribution in [2.24, 2.45) is 0 Å². The lowest BCUT2D eigenvalue weighted by Crippen LogP contribution is -2.08. The molecule has 0 amide bonds. The predicted molar refractivity (Wildman–Crippen MR) is 117 cm³/mol. The SMILES string of the molecule is COc1ccc(OC)c(C(=O)/C=C/c2ccc(OC(=O)c3ccc4c(c3)OCO4)cc2)c1. The van der Waals surface area contributed by atoms with Crippen molar-refractivity contribution in [1.82, 2.24) is 0 Å². The summed E-state index contributed by atoms with van der Waals surface area (Å²) >= 11 is 0. The van der Waals surface area contributed by atoms with Gasteiger partial charge in [-0.2, -0.15) is 0 Å². The van der Waals surface area contributed by atoms with E-state index in [2.05, 4.69) is 0 Å².